The average Bonchev–Trinajstić information content (AvgIpc) is 2.66. The molecule has 1 aromatic carbocycles. The number of aliphatic imine (C=N–C) groups is 1. The van der Waals surface area contributed by atoms with E-state index in [0.29, 0.717) is 42.3 Å². The lowest BCUT2D eigenvalue weighted by atomic mass is 10.1. The highest BCUT2D eigenvalue weighted by Crippen LogP contribution is 2.21. The second kappa shape index (κ2) is 9.27. The Bertz CT molecular complexity index is 687. The number of esters is 1. The van der Waals surface area contributed by atoms with Crippen LogP contribution in [0.5, 0.6) is 5.75 Å². The standard InChI is InChI=1S/C18H22N2O4S/c1-23-15-8-4-3-7-13(15)17(21)20-11-6-5-9-16(20)19-14(10-12-25)18(22)24-2/h3-8,14,25H,9-12H2,1-2H3/t14-/m0/s1. The number of carbonyl (C=O) groups is 2. The van der Waals surface area contributed by atoms with Gasteiger partial charge >= 0.3 is 5.97 Å². The summed E-state index contributed by atoms with van der Waals surface area (Å²) in [6.07, 6.45) is 4.75. The number of amidine groups is 1. The van der Waals surface area contributed by atoms with Gasteiger partial charge in [0.2, 0.25) is 0 Å². The van der Waals surface area contributed by atoms with Crippen LogP contribution in [0.1, 0.15) is 23.2 Å². The summed E-state index contributed by atoms with van der Waals surface area (Å²) < 4.78 is 10.1. The van der Waals surface area contributed by atoms with Crippen LogP contribution in [-0.4, -0.2) is 55.2 Å². The van der Waals surface area contributed by atoms with Gasteiger partial charge in [-0.2, -0.15) is 12.6 Å². The molecule has 0 aliphatic carbocycles. The highest BCUT2D eigenvalue weighted by atomic mass is 32.1. The zero-order chi connectivity index (χ0) is 18.2. The predicted octanol–water partition coefficient (Wildman–Crippen LogP) is 2.36. The molecular weight excluding hydrogens is 340 g/mol. The molecule has 1 aliphatic rings. The zero-order valence-electron chi connectivity index (χ0n) is 14.3. The third-order valence-electron chi connectivity index (χ3n) is 3.83. The first-order chi connectivity index (χ1) is 12.1. The first kappa shape index (κ1) is 19.1. The van der Waals surface area contributed by atoms with E-state index in [1.54, 1.807) is 29.2 Å². The summed E-state index contributed by atoms with van der Waals surface area (Å²) in [7, 11) is 2.85. The third-order valence-corrected chi connectivity index (χ3v) is 4.09. The van der Waals surface area contributed by atoms with Crippen LogP contribution in [0.2, 0.25) is 0 Å². The molecule has 0 aromatic heterocycles. The maximum Gasteiger partial charge on any atom is 0.330 e. The summed E-state index contributed by atoms with van der Waals surface area (Å²) >= 11 is 4.17. The number of amides is 1. The van der Waals surface area contributed by atoms with Crippen LogP contribution in [0.3, 0.4) is 0 Å². The van der Waals surface area contributed by atoms with E-state index in [1.807, 2.05) is 12.2 Å². The van der Waals surface area contributed by atoms with E-state index < -0.39 is 12.0 Å². The molecule has 1 heterocycles. The van der Waals surface area contributed by atoms with Crippen molar-refractivity contribution in [2.75, 3.05) is 26.5 Å². The minimum absolute atomic E-state index is 0.213. The number of carbonyl (C=O) groups excluding carboxylic acids is 2. The number of ether oxygens (including phenoxy) is 2. The summed E-state index contributed by atoms with van der Waals surface area (Å²) in [5.41, 5.74) is 0.455. The summed E-state index contributed by atoms with van der Waals surface area (Å²) in [4.78, 5) is 30.9. The van der Waals surface area contributed by atoms with Gasteiger partial charge in [0.15, 0.2) is 0 Å². The van der Waals surface area contributed by atoms with Gasteiger partial charge in [0, 0.05) is 13.0 Å². The quantitative estimate of drug-likeness (QED) is 0.479. The van der Waals surface area contributed by atoms with Crippen LogP contribution >= 0.6 is 12.6 Å². The van der Waals surface area contributed by atoms with Crippen molar-refractivity contribution in [3.8, 4) is 5.75 Å². The maximum atomic E-state index is 13.0. The van der Waals surface area contributed by atoms with Gasteiger partial charge in [-0.25, -0.2) is 4.79 Å². The first-order valence-corrected chi connectivity index (χ1v) is 8.60. The Morgan fingerprint density at radius 1 is 1.28 bits per heavy atom. The van der Waals surface area contributed by atoms with Crippen molar-refractivity contribution >= 4 is 30.3 Å². The summed E-state index contributed by atoms with van der Waals surface area (Å²) in [6, 6.07) is 6.37. The first-order valence-electron chi connectivity index (χ1n) is 7.97. The molecule has 0 fully saturated rings. The number of hydrogen-bond acceptors (Lipinski definition) is 6. The van der Waals surface area contributed by atoms with Gasteiger partial charge in [0.1, 0.15) is 17.6 Å². The van der Waals surface area contributed by atoms with Crippen LogP contribution in [0.4, 0.5) is 0 Å². The molecule has 6 nitrogen and oxygen atoms in total. The van der Waals surface area contributed by atoms with Crippen molar-refractivity contribution in [3.05, 3.63) is 42.0 Å². The van der Waals surface area contributed by atoms with Crippen molar-refractivity contribution in [1.29, 1.82) is 0 Å². The van der Waals surface area contributed by atoms with Crippen LogP contribution in [-0.2, 0) is 9.53 Å². The molecule has 1 aromatic rings. The fourth-order valence-corrected chi connectivity index (χ4v) is 2.79. The molecule has 0 N–H and O–H groups in total. The Morgan fingerprint density at radius 3 is 2.72 bits per heavy atom. The van der Waals surface area contributed by atoms with E-state index in [-0.39, 0.29) is 5.91 Å². The summed E-state index contributed by atoms with van der Waals surface area (Å²) in [5.74, 6) is 0.889. The molecule has 0 saturated heterocycles. The van der Waals surface area contributed by atoms with Crippen LogP contribution in [0, 0.1) is 0 Å². The van der Waals surface area contributed by atoms with Gasteiger partial charge in [-0.15, -0.1) is 0 Å². The lowest BCUT2D eigenvalue weighted by molar-refractivity contribution is -0.142. The maximum absolute atomic E-state index is 13.0. The number of thiol groups is 1. The molecule has 1 amide bonds. The molecule has 0 saturated carbocycles. The molecule has 25 heavy (non-hydrogen) atoms. The highest BCUT2D eigenvalue weighted by Gasteiger charge is 2.26. The predicted molar refractivity (Wildman–Crippen MR) is 99.5 cm³/mol. The van der Waals surface area contributed by atoms with Gasteiger partial charge in [-0.1, -0.05) is 24.3 Å². The Labute approximate surface area is 152 Å². The average molecular weight is 362 g/mol. The summed E-state index contributed by atoms with van der Waals surface area (Å²) in [5, 5.41) is 0. The molecule has 1 atom stereocenters. The van der Waals surface area contributed by atoms with E-state index in [2.05, 4.69) is 17.6 Å². The monoisotopic (exact) mass is 362 g/mol. The van der Waals surface area contributed by atoms with Gasteiger partial charge in [-0.3, -0.25) is 14.7 Å². The van der Waals surface area contributed by atoms with Gasteiger partial charge in [-0.05, 0) is 24.3 Å². The normalized spacial score (nSPS) is 16.6. The second-order valence-electron chi connectivity index (χ2n) is 5.39. The van der Waals surface area contributed by atoms with Crippen LogP contribution in [0.25, 0.3) is 0 Å². The van der Waals surface area contributed by atoms with Crippen molar-refractivity contribution in [1.82, 2.24) is 4.90 Å². The van der Waals surface area contributed by atoms with Gasteiger partial charge in [0.25, 0.3) is 5.91 Å². The van der Waals surface area contributed by atoms with Crippen molar-refractivity contribution in [2.24, 2.45) is 4.99 Å². The van der Waals surface area contributed by atoms with Gasteiger partial charge in [0.05, 0.1) is 19.8 Å². The lowest BCUT2D eigenvalue weighted by Crippen LogP contribution is -2.40. The molecule has 134 valence electrons. The molecule has 0 spiro atoms. The van der Waals surface area contributed by atoms with Crippen molar-refractivity contribution in [2.45, 2.75) is 18.9 Å². The molecular formula is C18H22N2O4S. The molecule has 2 rings (SSSR count). The van der Waals surface area contributed by atoms with Crippen LogP contribution in [0.15, 0.2) is 41.4 Å². The fraction of sp³-hybridized carbons (Fsp3) is 0.389. The van der Waals surface area contributed by atoms with E-state index in [0.717, 1.165) is 0 Å². The second-order valence-corrected chi connectivity index (χ2v) is 5.84. The molecule has 0 radical (unpaired) electrons. The van der Waals surface area contributed by atoms with E-state index in [4.69, 9.17) is 9.47 Å². The fourth-order valence-electron chi connectivity index (χ4n) is 2.55. The third kappa shape index (κ3) is 4.63. The van der Waals surface area contributed by atoms with E-state index in [1.165, 1.54) is 14.2 Å². The molecule has 0 bridgehead atoms. The summed E-state index contributed by atoms with van der Waals surface area (Å²) in [6.45, 7) is 0.393. The molecule has 0 unspecified atom stereocenters. The number of nitrogens with zero attached hydrogens (tertiary/aromatic N) is 2. The van der Waals surface area contributed by atoms with Gasteiger partial charge < -0.3 is 9.47 Å². The number of para-hydroxylation sites is 1. The number of hydrogen-bond donors (Lipinski definition) is 1. The number of benzene rings is 1. The topological polar surface area (TPSA) is 68.2 Å². The van der Waals surface area contributed by atoms with Crippen LogP contribution < -0.4 is 4.74 Å². The number of methoxy groups -OCH3 is 2. The Kier molecular flexibility index (Phi) is 7.06. The zero-order valence-corrected chi connectivity index (χ0v) is 15.2. The van der Waals surface area contributed by atoms with E-state index in [9.17, 15) is 9.59 Å². The molecule has 1 aliphatic heterocycles. The Hall–Kier alpha value is -2.28. The number of rotatable bonds is 6. The van der Waals surface area contributed by atoms with Crippen molar-refractivity contribution in [3.63, 3.8) is 0 Å². The SMILES string of the molecule is COC(=O)[C@H](CCS)N=C1CC=CCN1C(=O)c1ccccc1OC. The lowest BCUT2D eigenvalue weighted by Gasteiger charge is -2.27. The Balaban J connectivity index is 2.34. The highest BCUT2D eigenvalue weighted by molar-refractivity contribution is 7.80. The van der Waals surface area contributed by atoms with Crippen molar-refractivity contribution < 1.29 is 19.1 Å². The minimum Gasteiger partial charge on any atom is -0.496 e. The largest absolute Gasteiger partial charge is 0.496 e. The smallest absolute Gasteiger partial charge is 0.330 e. The van der Waals surface area contributed by atoms with E-state index >= 15 is 0 Å². The minimum atomic E-state index is -0.669. The Morgan fingerprint density at radius 2 is 2.04 bits per heavy atom. The molecule has 7 heteroatoms.